The lowest BCUT2D eigenvalue weighted by Crippen LogP contribution is -2.48. The minimum atomic E-state index is 0.644. The molecular formula is C12H27N5. The van der Waals surface area contributed by atoms with Crippen LogP contribution in [0, 0.1) is 0 Å². The van der Waals surface area contributed by atoms with Gasteiger partial charge in [0.1, 0.15) is 0 Å². The van der Waals surface area contributed by atoms with Gasteiger partial charge in [-0.1, -0.05) is 13.8 Å². The Morgan fingerprint density at radius 2 is 2.29 bits per heavy atom. The molecule has 1 heterocycles. The number of likely N-dealkylation sites (N-methyl/N-ethyl adjacent to an activating group) is 2. The zero-order valence-electron chi connectivity index (χ0n) is 11.4. The van der Waals surface area contributed by atoms with E-state index in [1.165, 1.54) is 19.4 Å². The first-order valence-corrected chi connectivity index (χ1v) is 6.69. The SMILES string of the molecule is CCCN=C(NN)N(C)CC1CCCN1CC. The summed E-state index contributed by atoms with van der Waals surface area (Å²) in [6, 6.07) is 0.644. The minimum absolute atomic E-state index is 0.644. The summed E-state index contributed by atoms with van der Waals surface area (Å²) in [5.41, 5.74) is 2.70. The van der Waals surface area contributed by atoms with Gasteiger partial charge in [-0.15, -0.1) is 0 Å². The topological polar surface area (TPSA) is 56.9 Å². The van der Waals surface area contributed by atoms with Crippen LogP contribution in [-0.2, 0) is 0 Å². The molecular weight excluding hydrogens is 214 g/mol. The van der Waals surface area contributed by atoms with Gasteiger partial charge >= 0.3 is 0 Å². The normalized spacial score (nSPS) is 21.9. The van der Waals surface area contributed by atoms with Crippen LogP contribution in [0.2, 0.25) is 0 Å². The summed E-state index contributed by atoms with van der Waals surface area (Å²) in [6.45, 7) is 8.54. The van der Waals surface area contributed by atoms with Gasteiger partial charge in [-0.05, 0) is 32.4 Å². The van der Waals surface area contributed by atoms with Gasteiger partial charge in [0.2, 0.25) is 5.96 Å². The molecule has 0 amide bonds. The van der Waals surface area contributed by atoms with Crippen molar-refractivity contribution in [1.29, 1.82) is 0 Å². The van der Waals surface area contributed by atoms with Crippen LogP contribution >= 0.6 is 0 Å². The van der Waals surface area contributed by atoms with Crippen molar-refractivity contribution in [3.63, 3.8) is 0 Å². The van der Waals surface area contributed by atoms with E-state index in [0.717, 1.165) is 32.0 Å². The monoisotopic (exact) mass is 241 g/mol. The van der Waals surface area contributed by atoms with Gasteiger partial charge in [0, 0.05) is 26.2 Å². The lowest BCUT2D eigenvalue weighted by atomic mass is 10.2. The summed E-state index contributed by atoms with van der Waals surface area (Å²) < 4.78 is 0. The van der Waals surface area contributed by atoms with Crippen molar-refractivity contribution in [3.8, 4) is 0 Å². The number of nitrogens with one attached hydrogen (secondary N) is 1. The number of nitrogens with two attached hydrogens (primary N) is 1. The fourth-order valence-corrected chi connectivity index (χ4v) is 2.42. The molecule has 0 aromatic rings. The van der Waals surface area contributed by atoms with Crippen molar-refractivity contribution < 1.29 is 0 Å². The van der Waals surface area contributed by atoms with Gasteiger partial charge < -0.3 is 4.90 Å². The fourth-order valence-electron chi connectivity index (χ4n) is 2.42. The van der Waals surface area contributed by atoms with Crippen LogP contribution in [0.4, 0.5) is 0 Å². The van der Waals surface area contributed by atoms with Gasteiger partial charge in [-0.3, -0.25) is 15.3 Å². The van der Waals surface area contributed by atoms with E-state index >= 15 is 0 Å². The van der Waals surface area contributed by atoms with E-state index in [2.05, 4.69) is 41.1 Å². The van der Waals surface area contributed by atoms with E-state index in [9.17, 15) is 0 Å². The molecule has 1 saturated heterocycles. The molecule has 1 aliphatic rings. The molecule has 1 atom stereocenters. The van der Waals surface area contributed by atoms with E-state index in [-0.39, 0.29) is 0 Å². The Kier molecular flexibility index (Phi) is 6.29. The summed E-state index contributed by atoms with van der Waals surface area (Å²) in [5.74, 6) is 6.32. The Morgan fingerprint density at radius 3 is 2.88 bits per heavy atom. The zero-order chi connectivity index (χ0) is 12.7. The van der Waals surface area contributed by atoms with E-state index in [4.69, 9.17) is 5.84 Å². The number of rotatable bonds is 5. The van der Waals surface area contributed by atoms with Crippen LogP contribution < -0.4 is 11.3 Å². The Balaban J connectivity index is 2.48. The number of guanidine groups is 1. The first-order valence-electron chi connectivity index (χ1n) is 6.69. The summed E-state index contributed by atoms with van der Waals surface area (Å²) in [6.07, 6.45) is 3.64. The molecule has 3 N–H and O–H groups in total. The van der Waals surface area contributed by atoms with Crippen LogP contribution in [0.1, 0.15) is 33.1 Å². The van der Waals surface area contributed by atoms with Crippen LogP contribution in [-0.4, -0.2) is 55.0 Å². The second-order valence-electron chi connectivity index (χ2n) is 4.65. The van der Waals surface area contributed by atoms with Crippen molar-refractivity contribution in [1.82, 2.24) is 15.2 Å². The molecule has 0 aromatic heterocycles. The Morgan fingerprint density at radius 1 is 1.53 bits per heavy atom. The molecule has 0 bridgehead atoms. The molecule has 1 aliphatic heterocycles. The van der Waals surface area contributed by atoms with Crippen molar-refractivity contribution in [2.75, 3.05) is 33.2 Å². The van der Waals surface area contributed by atoms with Crippen molar-refractivity contribution >= 4 is 5.96 Å². The molecule has 1 fully saturated rings. The molecule has 1 rings (SSSR count). The molecule has 5 heteroatoms. The van der Waals surface area contributed by atoms with Crippen LogP contribution in [0.3, 0.4) is 0 Å². The maximum Gasteiger partial charge on any atom is 0.208 e. The molecule has 0 radical (unpaired) electrons. The van der Waals surface area contributed by atoms with Crippen molar-refractivity contribution in [2.24, 2.45) is 10.8 Å². The van der Waals surface area contributed by atoms with E-state index in [1.807, 2.05) is 0 Å². The third-order valence-corrected chi connectivity index (χ3v) is 3.37. The number of hydrogen-bond acceptors (Lipinski definition) is 3. The van der Waals surface area contributed by atoms with Crippen LogP contribution in [0.15, 0.2) is 4.99 Å². The summed E-state index contributed by atoms with van der Waals surface area (Å²) in [4.78, 5) is 9.11. The van der Waals surface area contributed by atoms with Crippen LogP contribution in [0.5, 0.6) is 0 Å². The Bertz CT molecular complexity index is 241. The second kappa shape index (κ2) is 7.50. The number of hydrazine groups is 1. The van der Waals surface area contributed by atoms with Gasteiger partial charge in [0.05, 0.1) is 0 Å². The molecule has 5 nitrogen and oxygen atoms in total. The summed E-state index contributed by atoms with van der Waals surface area (Å²) in [7, 11) is 2.06. The highest BCUT2D eigenvalue weighted by molar-refractivity contribution is 5.79. The lowest BCUT2D eigenvalue weighted by molar-refractivity contribution is 0.232. The van der Waals surface area contributed by atoms with Gasteiger partial charge in [0.15, 0.2) is 0 Å². The zero-order valence-corrected chi connectivity index (χ0v) is 11.4. The number of hydrogen-bond donors (Lipinski definition) is 2. The summed E-state index contributed by atoms with van der Waals surface area (Å²) >= 11 is 0. The van der Waals surface area contributed by atoms with Gasteiger partial charge in [-0.2, -0.15) is 0 Å². The highest BCUT2D eigenvalue weighted by atomic mass is 15.4. The predicted octanol–water partition coefficient (Wildman–Crippen LogP) is 0.632. The quantitative estimate of drug-likeness (QED) is 0.321. The van der Waals surface area contributed by atoms with Gasteiger partial charge in [0.25, 0.3) is 0 Å². The highest BCUT2D eigenvalue weighted by Crippen LogP contribution is 2.17. The third kappa shape index (κ3) is 4.16. The standard InChI is InChI=1S/C12H27N5/c1-4-8-14-12(15-13)16(3)10-11-7-6-9-17(11)5-2/h11H,4-10,13H2,1-3H3,(H,14,15). The highest BCUT2D eigenvalue weighted by Gasteiger charge is 2.24. The number of nitrogens with zero attached hydrogens (tertiary/aromatic N) is 3. The first kappa shape index (κ1) is 14.3. The minimum Gasteiger partial charge on any atom is -0.343 e. The first-order chi connectivity index (χ1) is 8.22. The fraction of sp³-hybridized carbons (Fsp3) is 0.917. The maximum absolute atomic E-state index is 5.52. The molecule has 17 heavy (non-hydrogen) atoms. The van der Waals surface area contributed by atoms with Crippen LogP contribution in [0.25, 0.3) is 0 Å². The van der Waals surface area contributed by atoms with E-state index in [0.29, 0.717) is 6.04 Å². The van der Waals surface area contributed by atoms with Gasteiger partial charge in [-0.25, -0.2) is 5.84 Å². The summed E-state index contributed by atoms with van der Waals surface area (Å²) in [5, 5.41) is 0. The molecule has 0 spiro atoms. The largest absolute Gasteiger partial charge is 0.343 e. The van der Waals surface area contributed by atoms with Crippen molar-refractivity contribution in [2.45, 2.75) is 39.2 Å². The maximum atomic E-state index is 5.52. The number of aliphatic imine (C=N–C) groups is 1. The third-order valence-electron chi connectivity index (χ3n) is 3.37. The average molecular weight is 241 g/mol. The molecule has 0 aromatic carbocycles. The predicted molar refractivity (Wildman–Crippen MR) is 72.8 cm³/mol. The molecule has 0 saturated carbocycles. The molecule has 100 valence electrons. The molecule has 1 unspecified atom stereocenters. The lowest BCUT2D eigenvalue weighted by Gasteiger charge is -2.29. The average Bonchev–Trinajstić information content (AvgIpc) is 2.77. The Hall–Kier alpha value is -0.810. The van der Waals surface area contributed by atoms with E-state index < -0.39 is 0 Å². The smallest absolute Gasteiger partial charge is 0.208 e. The molecule has 0 aliphatic carbocycles. The second-order valence-corrected chi connectivity index (χ2v) is 4.65. The number of likely N-dealkylation sites (tertiary alicyclic amines) is 1. The van der Waals surface area contributed by atoms with Crippen molar-refractivity contribution in [3.05, 3.63) is 0 Å². The Labute approximate surface area is 105 Å². The van der Waals surface area contributed by atoms with E-state index in [1.54, 1.807) is 0 Å².